The fourth-order valence-corrected chi connectivity index (χ4v) is 2.85. The number of hydrogen-bond acceptors (Lipinski definition) is 6. The molecule has 3 aromatic carbocycles. The number of nitrogens with one attached hydrogen (secondary N) is 1. The minimum atomic E-state index is -1.33. The summed E-state index contributed by atoms with van der Waals surface area (Å²) in [6, 6.07) is 19.7. The number of amides is 1. The summed E-state index contributed by atoms with van der Waals surface area (Å²) in [5, 5.41) is 14.5. The SMILES string of the molecule is CCOc1cc(/C=N/NC(=O)C(O)c2ccccc2)ccc1OC(=O)c1ccc(Cl)cc1. The van der Waals surface area contributed by atoms with Gasteiger partial charge in [0.1, 0.15) is 0 Å². The summed E-state index contributed by atoms with van der Waals surface area (Å²) in [5.74, 6) is -0.626. The van der Waals surface area contributed by atoms with Gasteiger partial charge in [-0.05, 0) is 60.5 Å². The molecule has 0 spiro atoms. The highest BCUT2D eigenvalue weighted by atomic mass is 35.5. The van der Waals surface area contributed by atoms with Crippen LogP contribution in [0.2, 0.25) is 5.02 Å². The lowest BCUT2D eigenvalue weighted by Crippen LogP contribution is -2.25. The molecule has 32 heavy (non-hydrogen) atoms. The number of hydrogen-bond donors (Lipinski definition) is 2. The van der Waals surface area contributed by atoms with E-state index in [2.05, 4.69) is 10.5 Å². The number of benzene rings is 3. The Labute approximate surface area is 190 Å². The van der Waals surface area contributed by atoms with Gasteiger partial charge >= 0.3 is 5.97 Å². The van der Waals surface area contributed by atoms with Crippen LogP contribution in [0.4, 0.5) is 0 Å². The number of halogens is 1. The highest BCUT2D eigenvalue weighted by molar-refractivity contribution is 6.30. The predicted molar refractivity (Wildman–Crippen MR) is 121 cm³/mol. The second-order valence-corrected chi connectivity index (χ2v) is 7.02. The normalized spacial score (nSPS) is 11.7. The van der Waals surface area contributed by atoms with Crippen molar-refractivity contribution in [1.29, 1.82) is 0 Å². The largest absolute Gasteiger partial charge is 0.490 e. The smallest absolute Gasteiger partial charge is 0.343 e. The maximum absolute atomic E-state index is 12.4. The van der Waals surface area contributed by atoms with Crippen LogP contribution in [-0.4, -0.2) is 29.8 Å². The molecule has 0 aliphatic heterocycles. The van der Waals surface area contributed by atoms with Gasteiger partial charge in [-0.2, -0.15) is 5.10 Å². The topological polar surface area (TPSA) is 97.2 Å². The van der Waals surface area contributed by atoms with Gasteiger partial charge in [-0.25, -0.2) is 10.2 Å². The van der Waals surface area contributed by atoms with E-state index in [1.54, 1.807) is 79.7 Å². The second-order valence-electron chi connectivity index (χ2n) is 6.58. The summed E-state index contributed by atoms with van der Waals surface area (Å²) < 4.78 is 11.0. The molecule has 1 amide bonds. The molecule has 0 aliphatic rings. The fraction of sp³-hybridized carbons (Fsp3) is 0.125. The first-order chi connectivity index (χ1) is 15.5. The molecule has 7 nitrogen and oxygen atoms in total. The van der Waals surface area contributed by atoms with Gasteiger partial charge in [0.15, 0.2) is 17.6 Å². The molecule has 2 N–H and O–H groups in total. The lowest BCUT2D eigenvalue weighted by molar-refractivity contribution is -0.129. The average molecular weight is 453 g/mol. The summed E-state index contributed by atoms with van der Waals surface area (Å²) in [5.41, 5.74) is 3.70. The van der Waals surface area contributed by atoms with Crippen LogP contribution in [0.3, 0.4) is 0 Å². The van der Waals surface area contributed by atoms with Crippen molar-refractivity contribution in [2.75, 3.05) is 6.61 Å². The summed E-state index contributed by atoms with van der Waals surface area (Å²) in [6.45, 7) is 2.16. The quantitative estimate of drug-likeness (QED) is 0.232. The molecule has 164 valence electrons. The summed E-state index contributed by atoms with van der Waals surface area (Å²) >= 11 is 5.85. The van der Waals surface area contributed by atoms with E-state index in [4.69, 9.17) is 21.1 Å². The van der Waals surface area contributed by atoms with Crippen molar-refractivity contribution in [1.82, 2.24) is 5.43 Å². The Bertz CT molecular complexity index is 1100. The Kier molecular flexibility index (Phi) is 7.96. The van der Waals surface area contributed by atoms with Gasteiger partial charge in [0.2, 0.25) is 0 Å². The van der Waals surface area contributed by atoms with Crippen LogP contribution in [-0.2, 0) is 4.79 Å². The molecule has 0 saturated carbocycles. The molecule has 1 atom stereocenters. The Morgan fingerprint density at radius 2 is 1.78 bits per heavy atom. The lowest BCUT2D eigenvalue weighted by Gasteiger charge is -2.11. The van der Waals surface area contributed by atoms with Crippen LogP contribution in [0.5, 0.6) is 11.5 Å². The van der Waals surface area contributed by atoms with Crippen molar-refractivity contribution in [2.45, 2.75) is 13.0 Å². The molecule has 8 heteroatoms. The van der Waals surface area contributed by atoms with Crippen molar-refractivity contribution in [3.8, 4) is 11.5 Å². The molecular formula is C24H21ClN2O5. The van der Waals surface area contributed by atoms with Crippen LogP contribution in [0.1, 0.15) is 34.5 Å². The van der Waals surface area contributed by atoms with Crippen molar-refractivity contribution in [2.24, 2.45) is 5.10 Å². The van der Waals surface area contributed by atoms with Crippen LogP contribution >= 0.6 is 11.6 Å². The summed E-state index contributed by atoms with van der Waals surface area (Å²) in [4.78, 5) is 24.4. The van der Waals surface area contributed by atoms with E-state index < -0.39 is 18.0 Å². The first-order valence-corrected chi connectivity index (χ1v) is 10.2. The highest BCUT2D eigenvalue weighted by Crippen LogP contribution is 2.29. The maximum Gasteiger partial charge on any atom is 0.343 e. The van der Waals surface area contributed by atoms with Gasteiger partial charge in [0.25, 0.3) is 5.91 Å². The monoisotopic (exact) mass is 452 g/mol. The minimum Gasteiger partial charge on any atom is -0.490 e. The molecule has 0 saturated heterocycles. The number of carbonyl (C=O) groups is 2. The number of aliphatic hydroxyl groups is 1. The van der Waals surface area contributed by atoms with E-state index in [1.807, 2.05) is 0 Å². The molecule has 3 aromatic rings. The number of ether oxygens (including phenoxy) is 2. The van der Waals surface area contributed by atoms with E-state index in [0.29, 0.717) is 34.1 Å². The summed E-state index contributed by atoms with van der Waals surface area (Å²) in [7, 11) is 0. The molecule has 3 rings (SSSR count). The number of rotatable bonds is 8. The van der Waals surface area contributed by atoms with Crippen molar-refractivity contribution >= 4 is 29.7 Å². The molecule has 1 unspecified atom stereocenters. The van der Waals surface area contributed by atoms with Crippen LogP contribution < -0.4 is 14.9 Å². The first kappa shape index (κ1) is 23.0. The molecule has 0 fully saturated rings. The zero-order valence-electron chi connectivity index (χ0n) is 17.2. The Balaban J connectivity index is 1.67. The predicted octanol–water partition coefficient (Wildman–Crippen LogP) is 4.14. The van der Waals surface area contributed by atoms with Gasteiger partial charge in [0.05, 0.1) is 18.4 Å². The number of aliphatic hydroxyl groups excluding tert-OH is 1. The van der Waals surface area contributed by atoms with Crippen LogP contribution in [0.25, 0.3) is 0 Å². The van der Waals surface area contributed by atoms with E-state index in [9.17, 15) is 14.7 Å². The van der Waals surface area contributed by atoms with Crippen molar-refractivity contribution < 1.29 is 24.2 Å². The molecule has 0 aliphatic carbocycles. The van der Waals surface area contributed by atoms with Gasteiger partial charge < -0.3 is 14.6 Å². The minimum absolute atomic E-state index is 0.243. The second kappa shape index (κ2) is 11.1. The Hall–Kier alpha value is -3.68. The molecule has 0 aromatic heterocycles. The lowest BCUT2D eigenvalue weighted by atomic mass is 10.1. The van der Waals surface area contributed by atoms with E-state index in [0.717, 1.165) is 0 Å². The van der Waals surface area contributed by atoms with E-state index in [1.165, 1.54) is 6.21 Å². The third-order valence-electron chi connectivity index (χ3n) is 4.30. The number of esters is 1. The molecule has 0 bridgehead atoms. The molecule has 0 radical (unpaired) electrons. The zero-order chi connectivity index (χ0) is 22.9. The van der Waals surface area contributed by atoms with Crippen LogP contribution in [0.15, 0.2) is 77.9 Å². The van der Waals surface area contributed by atoms with E-state index in [-0.39, 0.29) is 5.75 Å². The molecular weight excluding hydrogens is 432 g/mol. The number of nitrogens with zero attached hydrogens (tertiary/aromatic N) is 1. The van der Waals surface area contributed by atoms with Crippen molar-refractivity contribution in [3.05, 3.63) is 94.5 Å². The van der Waals surface area contributed by atoms with Crippen molar-refractivity contribution in [3.63, 3.8) is 0 Å². The number of carbonyl (C=O) groups excluding carboxylic acids is 2. The average Bonchev–Trinajstić information content (AvgIpc) is 2.81. The highest BCUT2D eigenvalue weighted by Gasteiger charge is 2.16. The first-order valence-electron chi connectivity index (χ1n) is 9.78. The zero-order valence-corrected chi connectivity index (χ0v) is 18.0. The van der Waals surface area contributed by atoms with E-state index >= 15 is 0 Å². The Morgan fingerprint density at radius 3 is 2.47 bits per heavy atom. The number of hydrazone groups is 1. The van der Waals surface area contributed by atoms with Gasteiger partial charge in [-0.15, -0.1) is 0 Å². The van der Waals surface area contributed by atoms with Crippen LogP contribution in [0, 0.1) is 0 Å². The third-order valence-corrected chi connectivity index (χ3v) is 4.55. The van der Waals surface area contributed by atoms with Gasteiger partial charge in [0, 0.05) is 5.02 Å². The molecule has 0 heterocycles. The summed E-state index contributed by atoms with van der Waals surface area (Å²) in [6.07, 6.45) is 0.0603. The van der Waals surface area contributed by atoms with Gasteiger partial charge in [-0.3, -0.25) is 4.79 Å². The Morgan fingerprint density at radius 1 is 1.06 bits per heavy atom. The van der Waals surface area contributed by atoms with Gasteiger partial charge in [-0.1, -0.05) is 41.9 Å². The fourth-order valence-electron chi connectivity index (χ4n) is 2.72. The maximum atomic E-state index is 12.4. The standard InChI is InChI=1S/C24H21ClN2O5/c1-2-31-21-14-16(15-26-27-23(29)22(28)17-6-4-3-5-7-17)8-13-20(21)32-24(30)18-9-11-19(25)12-10-18/h3-15,22,28H,2H2,1H3,(H,27,29)/b26-15+. The third kappa shape index (κ3) is 6.16.